The van der Waals surface area contributed by atoms with Gasteiger partial charge in [-0.15, -0.1) is 0 Å². The Kier molecular flexibility index (Phi) is 7.17. The lowest BCUT2D eigenvalue weighted by molar-refractivity contribution is 0.0135. The van der Waals surface area contributed by atoms with Gasteiger partial charge in [-0.1, -0.05) is 30.3 Å². The summed E-state index contributed by atoms with van der Waals surface area (Å²) in [5.74, 6) is 0. The Morgan fingerprint density at radius 2 is 2.00 bits per heavy atom. The highest BCUT2D eigenvalue weighted by Crippen LogP contribution is 2.20. The fourth-order valence-corrected chi connectivity index (χ4v) is 2.46. The first-order valence-corrected chi connectivity index (χ1v) is 8.27. The fourth-order valence-electron chi connectivity index (χ4n) is 2.08. The number of hydrogen-bond acceptors (Lipinski definition) is 5. The zero-order valence-corrected chi connectivity index (χ0v) is 14.5. The molecule has 3 N–H and O–H groups in total. The van der Waals surface area contributed by atoms with Gasteiger partial charge in [0, 0.05) is 12.7 Å². The van der Waals surface area contributed by atoms with E-state index < -0.39 is 18.3 Å². The van der Waals surface area contributed by atoms with Crippen molar-refractivity contribution in [3.05, 3.63) is 64.4 Å². The lowest BCUT2D eigenvalue weighted by Crippen LogP contribution is -2.29. The molecule has 0 fully saturated rings. The Morgan fingerprint density at radius 1 is 1.25 bits per heavy atom. The molecule has 1 amide bonds. The molecule has 0 aliphatic carbocycles. The number of aliphatic hydroxyl groups excluding tert-OH is 2. The van der Waals surface area contributed by atoms with Gasteiger partial charge in [0.2, 0.25) is 0 Å². The van der Waals surface area contributed by atoms with E-state index in [1.54, 1.807) is 12.1 Å². The van der Waals surface area contributed by atoms with Gasteiger partial charge in [-0.05, 0) is 45.6 Å². The molecule has 0 bridgehead atoms. The highest BCUT2D eigenvalue weighted by Gasteiger charge is 2.18. The van der Waals surface area contributed by atoms with E-state index in [4.69, 9.17) is 4.74 Å². The number of alkyl carbamates (subject to hydrolysis) is 1. The average molecular weight is 395 g/mol. The zero-order valence-electron chi connectivity index (χ0n) is 12.9. The molecule has 1 heterocycles. The molecular formula is C17H19BrN2O4. The largest absolute Gasteiger partial charge is 0.445 e. The maximum atomic E-state index is 11.6. The SMILES string of the molecule is O=C(NCCC(O)C(O)c1ccnc(Br)c1)OCc1ccccc1. The van der Waals surface area contributed by atoms with Gasteiger partial charge in [-0.3, -0.25) is 0 Å². The number of ether oxygens (including phenoxy) is 1. The van der Waals surface area contributed by atoms with Gasteiger partial charge in [0.15, 0.2) is 0 Å². The molecule has 0 radical (unpaired) electrons. The highest BCUT2D eigenvalue weighted by atomic mass is 79.9. The monoisotopic (exact) mass is 394 g/mol. The summed E-state index contributed by atoms with van der Waals surface area (Å²) in [6.45, 7) is 0.376. The molecular weight excluding hydrogens is 376 g/mol. The van der Waals surface area contributed by atoms with Crippen LogP contribution in [0.1, 0.15) is 23.7 Å². The van der Waals surface area contributed by atoms with Crippen LogP contribution in [-0.2, 0) is 11.3 Å². The van der Waals surface area contributed by atoms with Crippen molar-refractivity contribution in [2.24, 2.45) is 0 Å². The number of aromatic nitrogens is 1. The highest BCUT2D eigenvalue weighted by molar-refractivity contribution is 9.10. The third kappa shape index (κ3) is 5.92. The third-order valence-electron chi connectivity index (χ3n) is 3.38. The van der Waals surface area contributed by atoms with Gasteiger partial charge >= 0.3 is 6.09 Å². The second-order valence-corrected chi connectivity index (χ2v) is 6.01. The van der Waals surface area contributed by atoms with Crippen LogP contribution in [0, 0.1) is 0 Å². The second kappa shape index (κ2) is 9.36. The number of benzene rings is 1. The van der Waals surface area contributed by atoms with Gasteiger partial charge < -0.3 is 20.3 Å². The van der Waals surface area contributed by atoms with Gasteiger partial charge in [-0.25, -0.2) is 9.78 Å². The molecule has 6 nitrogen and oxygen atoms in total. The Hall–Kier alpha value is -1.96. The summed E-state index contributed by atoms with van der Waals surface area (Å²) in [6, 6.07) is 12.6. The quantitative estimate of drug-likeness (QED) is 0.627. The van der Waals surface area contributed by atoms with E-state index in [2.05, 4.69) is 26.2 Å². The average Bonchev–Trinajstić information content (AvgIpc) is 2.60. The molecule has 2 unspecified atom stereocenters. The summed E-state index contributed by atoms with van der Waals surface area (Å²) in [6.07, 6.45) is -0.886. The molecule has 128 valence electrons. The number of nitrogens with one attached hydrogen (secondary N) is 1. The normalized spacial score (nSPS) is 13.1. The fraction of sp³-hybridized carbons (Fsp3) is 0.294. The number of carbonyl (C=O) groups excluding carboxylic acids is 1. The van der Waals surface area contributed by atoms with Crippen LogP contribution in [0.3, 0.4) is 0 Å². The van der Waals surface area contributed by atoms with E-state index in [1.807, 2.05) is 30.3 Å². The van der Waals surface area contributed by atoms with Crippen molar-refractivity contribution in [3.8, 4) is 0 Å². The maximum absolute atomic E-state index is 11.6. The lowest BCUT2D eigenvalue weighted by Gasteiger charge is -2.18. The van der Waals surface area contributed by atoms with Gasteiger partial charge in [0.25, 0.3) is 0 Å². The van der Waals surface area contributed by atoms with Crippen LogP contribution >= 0.6 is 15.9 Å². The van der Waals surface area contributed by atoms with Crippen LogP contribution in [0.2, 0.25) is 0 Å². The van der Waals surface area contributed by atoms with Crippen LogP contribution in [0.25, 0.3) is 0 Å². The minimum Gasteiger partial charge on any atom is -0.445 e. The molecule has 2 rings (SSSR count). The van der Waals surface area contributed by atoms with Crippen molar-refractivity contribution < 1.29 is 19.7 Å². The number of nitrogens with zero attached hydrogens (tertiary/aromatic N) is 1. The summed E-state index contributed by atoms with van der Waals surface area (Å²) >= 11 is 3.21. The Labute approximate surface area is 148 Å². The van der Waals surface area contributed by atoms with Crippen molar-refractivity contribution >= 4 is 22.0 Å². The van der Waals surface area contributed by atoms with E-state index in [-0.39, 0.29) is 19.6 Å². The summed E-state index contributed by atoms with van der Waals surface area (Å²) in [7, 11) is 0. The number of aliphatic hydroxyl groups is 2. The number of carbonyl (C=O) groups is 1. The van der Waals surface area contributed by atoms with Crippen LogP contribution in [0.5, 0.6) is 0 Å². The zero-order chi connectivity index (χ0) is 17.4. The first kappa shape index (κ1) is 18.4. The minimum absolute atomic E-state index is 0.183. The molecule has 7 heteroatoms. The van der Waals surface area contributed by atoms with E-state index >= 15 is 0 Å². The molecule has 0 saturated heterocycles. The first-order valence-electron chi connectivity index (χ1n) is 7.48. The number of amides is 1. The first-order chi connectivity index (χ1) is 11.6. The van der Waals surface area contributed by atoms with Crippen molar-refractivity contribution in [1.29, 1.82) is 0 Å². The summed E-state index contributed by atoms with van der Waals surface area (Å²) in [5, 5.41) is 22.6. The smallest absolute Gasteiger partial charge is 0.407 e. The van der Waals surface area contributed by atoms with Gasteiger partial charge in [0.1, 0.15) is 17.3 Å². The molecule has 0 spiro atoms. The topological polar surface area (TPSA) is 91.7 Å². The third-order valence-corrected chi connectivity index (χ3v) is 3.81. The maximum Gasteiger partial charge on any atom is 0.407 e. The van der Waals surface area contributed by atoms with E-state index in [0.717, 1.165) is 5.56 Å². The molecule has 0 aliphatic rings. The minimum atomic E-state index is -1.05. The number of halogens is 1. The summed E-state index contributed by atoms with van der Waals surface area (Å²) in [4.78, 5) is 15.6. The predicted octanol–water partition coefficient (Wildman–Crippen LogP) is 2.55. The van der Waals surface area contributed by atoms with Crippen molar-refractivity contribution in [2.45, 2.75) is 25.2 Å². The second-order valence-electron chi connectivity index (χ2n) is 5.20. The number of rotatable bonds is 7. The van der Waals surface area contributed by atoms with Crippen molar-refractivity contribution in [2.75, 3.05) is 6.54 Å². The van der Waals surface area contributed by atoms with Crippen molar-refractivity contribution in [3.63, 3.8) is 0 Å². The molecule has 0 aliphatic heterocycles. The standard InChI is InChI=1S/C17H19BrN2O4/c18-15-10-13(6-8-19-15)16(22)14(21)7-9-20-17(23)24-11-12-4-2-1-3-5-12/h1-6,8,10,14,16,21-22H,7,9,11H2,(H,20,23). The molecule has 1 aromatic carbocycles. The Bertz CT molecular complexity index is 654. The summed E-state index contributed by atoms with van der Waals surface area (Å²) < 4.78 is 5.64. The van der Waals surface area contributed by atoms with Gasteiger partial charge in [0.05, 0.1) is 6.10 Å². The van der Waals surface area contributed by atoms with Crippen LogP contribution < -0.4 is 5.32 Å². The number of pyridine rings is 1. The summed E-state index contributed by atoms with van der Waals surface area (Å²) in [5.41, 5.74) is 1.45. The van der Waals surface area contributed by atoms with Crippen molar-refractivity contribution in [1.82, 2.24) is 10.3 Å². The molecule has 1 aromatic heterocycles. The number of hydrogen-bond donors (Lipinski definition) is 3. The Morgan fingerprint density at radius 3 is 2.71 bits per heavy atom. The van der Waals surface area contributed by atoms with E-state index in [1.165, 1.54) is 6.20 Å². The molecule has 24 heavy (non-hydrogen) atoms. The van der Waals surface area contributed by atoms with Gasteiger partial charge in [-0.2, -0.15) is 0 Å². The van der Waals surface area contributed by atoms with E-state index in [9.17, 15) is 15.0 Å². The van der Waals surface area contributed by atoms with Crippen LogP contribution in [0.15, 0.2) is 53.3 Å². The van der Waals surface area contributed by atoms with Crippen LogP contribution in [0.4, 0.5) is 4.79 Å². The Balaban J connectivity index is 1.70. The predicted molar refractivity (Wildman–Crippen MR) is 92.2 cm³/mol. The molecule has 2 atom stereocenters. The lowest BCUT2D eigenvalue weighted by atomic mass is 10.0. The van der Waals surface area contributed by atoms with Crippen LogP contribution in [-0.4, -0.2) is 33.9 Å². The van der Waals surface area contributed by atoms with E-state index in [0.29, 0.717) is 10.2 Å². The molecule has 2 aromatic rings. The molecule has 0 saturated carbocycles.